The molecule has 0 aliphatic rings. The number of aromatic nitrogens is 1. The van der Waals surface area contributed by atoms with Gasteiger partial charge < -0.3 is 29.2 Å². The lowest BCUT2D eigenvalue weighted by Crippen LogP contribution is -2.45. The summed E-state index contributed by atoms with van der Waals surface area (Å²) in [6.07, 6.45) is 2.71. The number of rotatable bonds is 11. The Kier molecular flexibility index (Phi) is 9.43. The van der Waals surface area contributed by atoms with Gasteiger partial charge in [-0.15, -0.1) is 0 Å². The van der Waals surface area contributed by atoms with Crippen LogP contribution in [0.3, 0.4) is 0 Å². The first-order valence-electron chi connectivity index (χ1n) is 10.9. The zero-order valence-corrected chi connectivity index (χ0v) is 20.1. The molecule has 8 heteroatoms. The Morgan fingerprint density at radius 1 is 1.09 bits per heavy atom. The number of benzene rings is 1. The van der Waals surface area contributed by atoms with Crippen LogP contribution < -0.4 is 14.8 Å². The van der Waals surface area contributed by atoms with E-state index >= 15 is 0 Å². The summed E-state index contributed by atoms with van der Waals surface area (Å²) in [5.41, 5.74) is 1.59. The molecular weight excluding hydrogens is 408 g/mol. The molecule has 0 aliphatic carbocycles. The predicted molar refractivity (Wildman–Crippen MR) is 126 cm³/mol. The van der Waals surface area contributed by atoms with Gasteiger partial charge in [0.05, 0.1) is 20.8 Å². The zero-order chi connectivity index (χ0) is 23.7. The SMILES string of the molecule is CCCN(CC(=O)N(Cc1cccn1C)CC(C)C)C(=O)Nc1cc(OC)cc(OC)c1. The largest absolute Gasteiger partial charge is 0.497 e. The van der Waals surface area contributed by atoms with Crippen molar-refractivity contribution in [2.24, 2.45) is 13.0 Å². The number of hydrogen-bond acceptors (Lipinski definition) is 4. The van der Waals surface area contributed by atoms with Crippen molar-refractivity contribution in [3.8, 4) is 11.5 Å². The molecule has 176 valence electrons. The molecule has 8 nitrogen and oxygen atoms in total. The zero-order valence-electron chi connectivity index (χ0n) is 20.1. The van der Waals surface area contributed by atoms with Crippen LogP contribution in [0.1, 0.15) is 32.9 Å². The monoisotopic (exact) mass is 444 g/mol. The standard InChI is InChI=1S/C24H36N4O4/c1-7-10-27(24(30)25-19-12-21(31-5)14-22(13-19)32-6)17-23(29)28(15-18(2)3)16-20-9-8-11-26(20)4/h8-9,11-14,18H,7,10,15-17H2,1-6H3,(H,25,30). The quantitative estimate of drug-likeness (QED) is 0.569. The van der Waals surface area contributed by atoms with E-state index in [1.165, 1.54) is 0 Å². The highest BCUT2D eigenvalue weighted by Crippen LogP contribution is 2.26. The van der Waals surface area contributed by atoms with Crippen LogP contribution in [0.2, 0.25) is 0 Å². The summed E-state index contributed by atoms with van der Waals surface area (Å²) < 4.78 is 12.6. The second-order valence-corrected chi connectivity index (χ2v) is 8.23. The van der Waals surface area contributed by atoms with Crippen molar-refractivity contribution < 1.29 is 19.1 Å². The van der Waals surface area contributed by atoms with Gasteiger partial charge in [-0.05, 0) is 24.5 Å². The molecule has 1 heterocycles. The van der Waals surface area contributed by atoms with E-state index in [-0.39, 0.29) is 18.5 Å². The van der Waals surface area contributed by atoms with Crippen LogP contribution in [0, 0.1) is 5.92 Å². The summed E-state index contributed by atoms with van der Waals surface area (Å²) in [6.45, 7) is 7.76. The van der Waals surface area contributed by atoms with Gasteiger partial charge in [-0.1, -0.05) is 20.8 Å². The number of nitrogens with zero attached hydrogens (tertiary/aromatic N) is 3. The molecule has 0 atom stereocenters. The first kappa shape index (κ1) is 25.1. The molecule has 0 saturated heterocycles. The number of carbonyl (C=O) groups excluding carboxylic acids is 2. The molecule has 0 saturated carbocycles. The molecule has 1 N–H and O–H groups in total. The maximum atomic E-state index is 13.2. The van der Waals surface area contributed by atoms with Gasteiger partial charge in [0.15, 0.2) is 0 Å². The van der Waals surface area contributed by atoms with Gasteiger partial charge in [0.25, 0.3) is 0 Å². The molecule has 1 aromatic carbocycles. The number of ether oxygens (including phenoxy) is 2. The van der Waals surface area contributed by atoms with E-state index in [9.17, 15) is 9.59 Å². The highest BCUT2D eigenvalue weighted by molar-refractivity contribution is 5.92. The Bertz CT molecular complexity index is 872. The van der Waals surface area contributed by atoms with E-state index in [1.807, 2.05) is 41.8 Å². The molecule has 2 aromatic rings. The lowest BCUT2D eigenvalue weighted by atomic mass is 10.2. The van der Waals surface area contributed by atoms with Crippen molar-refractivity contribution in [2.75, 3.05) is 39.2 Å². The number of hydrogen-bond donors (Lipinski definition) is 1. The minimum absolute atomic E-state index is 0.0118. The molecule has 1 aromatic heterocycles. The Labute approximate surface area is 191 Å². The molecular formula is C24H36N4O4. The molecule has 0 bridgehead atoms. The number of nitrogens with one attached hydrogen (secondary N) is 1. The normalized spacial score (nSPS) is 10.7. The number of methoxy groups -OCH3 is 2. The van der Waals surface area contributed by atoms with Crippen LogP contribution >= 0.6 is 0 Å². The second kappa shape index (κ2) is 12.0. The molecule has 2 rings (SSSR count). The molecule has 3 amide bonds. The van der Waals surface area contributed by atoms with Crippen molar-refractivity contribution in [1.29, 1.82) is 0 Å². The fourth-order valence-corrected chi connectivity index (χ4v) is 3.42. The van der Waals surface area contributed by atoms with Gasteiger partial charge in [-0.2, -0.15) is 0 Å². The summed E-state index contributed by atoms with van der Waals surface area (Å²) in [7, 11) is 5.07. The van der Waals surface area contributed by atoms with Gasteiger partial charge in [0.1, 0.15) is 18.0 Å². The van der Waals surface area contributed by atoms with E-state index in [0.29, 0.717) is 42.7 Å². The first-order valence-corrected chi connectivity index (χ1v) is 10.9. The average Bonchev–Trinajstić information content (AvgIpc) is 3.16. The predicted octanol–water partition coefficient (Wildman–Crippen LogP) is 3.97. The Balaban J connectivity index is 2.14. The lowest BCUT2D eigenvalue weighted by molar-refractivity contribution is -0.133. The fraction of sp³-hybridized carbons (Fsp3) is 0.500. The first-order chi connectivity index (χ1) is 15.3. The number of anilines is 1. The third kappa shape index (κ3) is 7.21. The van der Waals surface area contributed by atoms with Crippen LogP contribution in [0.4, 0.5) is 10.5 Å². The van der Waals surface area contributed by atoms with Crippen molar-refractivity contribution in [2.45, 2.75) is 33.7 Å². The van der Waals surface area contributed by atoms with E-state index in [0.717, 1.165) is 12.1 Å². The Morgan fingerprint density at radius 3 is 2.25 bits per heavy atom. The molecule has 0 unspecified atom stereocenters. The van der Waals surface area contributed by atoms with Gasteiger partial charge in [0.2, 0.25) is 5.91 Å². The van der Waals surface area contributed by atoms with Crippen LogP contribution in [0.25, 0.3) is 0 Å². The maximum Gasteiger partial charge on any atom is 0.322 e. The summed E-state index contributed by atoms with van der Waals surface area (Å²) >= 11 is 0. The van der Waals surface area contributed by atoms with Crippen LogP contribution in [0.15, 0.2) is 36.5 Å². The van der Waals surface area contributed by atoms with Gasteiger partial charge >= 0.3 is 6.03 Å². The topological polar surface area (TPSA) is 76.0 Å². The third-order valence-corrected chi connectivity index (χ3v) is 5.05. The Morgan fingerprint density at radius 2 is 1.75 bits per heavy atom. The molecule has 0 aliphatic heterocycles. The van der Waals surface area contributed by atoms with Gasteiger partial charge in [-0.3, -0.25) is 4.79 Å². The van der Waals surface area contributed by atoms with E-state index < -0.39 is 0 Å². The number of carbonyl (C=O) groups is 2. The summed E-state index contributed by atoms with van der Waals surface area (Å²) in [5.74, 6) is 1.38. The summed E-state index contributed by atoms with van der Waals surface area (Å²) in [5, 5.41) is 2.87. The smallest absolute Gasteiger partial charge is 0.322 e. The number of urea groups is 1. The van der Waals surface area contributed by atoms with Crippen LogP contribution in [-0.2, 0) is 18.4 Å². The molecule has 0 fully saturated rings. The van der Waals surface area contributed by atoms with E-state index in [2.05, 4.69) is 19.2 Å². The molecule has 0 radical (unpaired) electrons. The lowest BCUT2D eigenvalue weighted by Gasteiger charge is -2.29. The number of amides is 3. The molecule has 0 spiro atoms. The average molecular weight is 445 g/mol. The highest BCUT2D eigenvalue weighted by Gasteiger charge is 2.22. The van der Waals surface area contributed by atoms with Crippen LogP contribution in [0.5, 0.6) is 11.5 Å². The van der Waals surface area contributed by atoms with E-state index in [1.54, 1.807) is 37.3 Å². The van der Waals surface area contributed by atoms with Crippen molar-refractivity contribution in [1.82, 2.24) is 14.4 Å². The Hall–Kier alpha value is -3.16. The van der Waals surface area contributed by atoms with Gasteiger partial charge in [0, 0.05) is 55.9 Å². The van der Waals surface area contributed by atoms with Crippen molar-refractivity contribution in [3.63, 3.8) is 0 Å². The van der Waals surface area contributed by atoms with Crippen LogP contribution in [-0.4, -0.2) is 60.2 Å². The summed E-state index contributed by atoms with van der Waals surface area (Å²) in [6, 6.07) is 8.80. The van der Waals surface area contributed by atoms with Crippen molar-refractivity contribution >= 4 is 17.6 Å². The maximum absolute atomic E-state index is 13.2. The fourth-order valence-electron chi connectivity index (χ4n) is 3.42. The molecule has 32 heavy (non-hydrogen) atoms. The minimum Gasteiger partial charge on any atom is -0.497 e. The van der Waals surface area contributed by atoms with Gasteiger partial charge in [-0.25, -0.2) is 4.79 Å². The second-order valence-electron chi connectivity index (χ2n) is 8.23. The third-order valence-electron chi connectivity index (χ3n) is 5.05. The minimum atomic E-state index is -0.334. The van der Waals surface area contributed by atoms with E-state index in [4.69, 9.17) is 9.47 Å². The number of aryl methyl sites for hydroxylation is 1. The summed E-state index contributed by atoms with van der Waals surface area (Å²) in [4.78, 5) is 29.6. The highest BCUT2D eigenvalue weighted by atomic mass is 16.5. The van der Waals surface area contributed by atoms with Crippen molar-refractivity contribution in [3.05, 3.63) is 42.2 Å².